The quantitative estimate of drug-likeness (QED) is 0.750. The maximum absolute atomic E-state index is 12.7. The molecule has 0 amide bonds. The van der Waals surface area contributed by atoms with Gasteiger partial charge in [0.05, 0.1) is 5.88 Å². The van der Waals surface area contributed by atoms with Crippen LogP contribution in [0.3, 0.4) is 0 Å². The van der Waals surface area contributed by atoms with Gasteiger partial charge in [0, 0.05) is 31.5 Å². The van der Waals surface area contributed by atoms with E-state index in [2.05, 4.69) is 0 Å². The van der Waals surface area contributed by atoms with Crippen LogP contribution in [-0.4, -0.2) is 30.9 Å². The van der Waals surface area contributed by atoms with Crippen molar-refractivity contribution in [3.8, 4) is 0 Å². The maximum Gasteiger partial charge on any atom is 0.244 e. The van der Waals surface area contributed by atoms with Gasteiger partial charge in [0.15, 0.2) is 0 Å². The summed E-state index contributed by atoms with van der Waals surface area (Å²) in [6.07, 6.45) is 8.77. The topological polar surface area (TPSA) is 42.3 Å². The van der Waals surface area contributed by atoms with Crippen LogP contribution in [0.1, 0.15) is 50.3 Å². The molecule has 4 nitrogen and oxygen atoms in total. The largest absolute Gasteiger partial charge is 0.346 e. The first kappa shape index (κ1) is 15.4. The summed E-state index contributed by atoms with van der Waals surface area (Å²) in [4.78, 5) is 0.394. The average Bonchev–Trinajstić information content (AvgIpc) is 3.00. The molecular weight excluding hydrogens is 308 g/mol. The molecule has 118 valence electrons. The lowest BCUT2D eigenvalue weighted by molar-refractivity contribution is 0.387. The van der Waals surface area contributed by atoms with Gasteiger partial charge in [0.25, 0.3) is 0 Å². The molecule has 0 atom stereocenters. The Balaban J connectivity index is 1.79. The molecule has 1 heterocycles. The highest BCUT2D eigenvalue weighted by atomic mass is 35.5. The Morgan fingerprint density at radius 2 is 1.95 bits per heavy atom. The van der Waals surface area contributed by atoms with Crippen LogP contribution in [0.25, 0.3) is 0 Å². The van der Waals surface area contributed by atoms with E-state index in [1.165, 1.54) is 17.1 Å². The van der Waals surface area contributed by atoms with E-state index < -0.39 is 10.0 Å². The molecule has 0 aromatic carbocycles. The molecule has 0 aliphatic heterocycles. The summed E-state index contributed by atoms with van der Waals surface area (Å²) in [6.45, 7) is 0.632. The third-order valence-corrected chi connectivity index (χ3v) is 6.74. The first-order valence-electron chi connectivity index (χ1n) is 7.75. The van der Waals surface area contributed by atoms with Crippen molar-refractivity contribution in [1.29, 1.82) is 0 Å². The summed E-state index contributed by atoms with van der Waals surface area (Å²) in [7, 11) is -1.69. The number of nitrogens with zero attached hydrogens (tertiary/aromatic N) is 2. The third kappa shape index (κ3) is 3.15. The second kappa shape index (κ2) is 5.94. The van der Waals surface area contributed by atoms with Crippen LogP contribution in [0, 0.1) is 5.92 Å². The van der Waals surface area contributed by atoms with Crippen LogP contribution in [0.4, 0.5) is 0 Å². The Bertz CT molecular complexity index is 601. The van der Waals surface area contributed by atoms with Crippen LogP contribution in [0.2, 0.25) is 0 Å². The maximum atomic E-state index is 12.7. The molecule has 0 saturated heterocycles. The van der Waals surface area contributed by atoms with E-state index >= 15 is 0 Å². The number of rotatable bonds is 6. The summed E-state index contributed by atoms with van der Waals surface area (Å²) in [5.74, 6) is 0.876. The summed E-state index contributed by atoms with van der Waals surface area (Å²) in [5, 5.41) is 0. The number of alkyl halides is 1. The molecule has 0 bridgehead atoms. The molecule has 1 aromatic heterocycles. The highest BCUT2D eigenvalue weighted by Gasteiger charge is 2.30. The zero-order valence-corrected chi connectivity index (χ0v) is 14.0. The van der Waals surface area contributed by atoms with Gasteiger partial charge in [-0.25, -0.2) is 12.7 Å². The smallest absolute Gasteiger partial charge is 0.244 e. The fourth-order valence-corrected chi connectivity index (χ4v) is 4.79. The zero-order valence-electron chi connectivity index (χ0n) is 12.5. The van der Waals surface area contributed by atoms with Crippen LogP contribution in [-0.2, 0) is 15.9 Å². The van der Waals surface area contributed by atoms with E-state index in [9.17, 15) is 8.42 Å². The van der Waals surface area contributed by atoms with Crippen molar-refractivity contribution in [2.24, 2.45) is 5.92 Å². The lowest BCUT2D eigenvalue weighted by Gasteiger charge is -2.20. The molecule has 3 rings (SSSR count). The fourth-order valence-electron chi connectivity index (χ4n) is 3.27. The number of halogens is 1. The molecule has 1 aromatic rings. The SMILES string of the molecule is CN(CC1CCCC1)S(=O)(=O)c1cc(CCl)n(C2CC2)c1. The molecule has 21 heavy (non-hydrogen) atoms. The normalized spacial score (nSPS) is 20.5. The van der Waals surface area contributed by atoms with E-state index in [-0.39, 0.29) is 0 Å². The van der Waals surface area contributed by atoms with E-state index in [0.29, 0.717) is 29.3 Å². The molecule has 0 spiro atoms. The Kier molecular flexibility index (Phi) is 4.35. The van der Waals surface area contributed by atoms with Crippen molar-refractivity contribution < 1.29 is 8.42 Å². The molecule has 0 radical (unpaired) electrons. The van der Waals surface area contributed by atoms with E-state index in [1.807, 2.05) is 4.57 Å². The predicted octanol–water partition coefficient (Wildman–Crippen LogP) is 3.37. The standard InChI is InChI=1S/C15H23ClN2O2S/c1-17(10-12-4-2-3-5-12)21(19,20)15-8-14(9-16)18(11-15)13-6-7-13/h8,11-13H,2-7,9-10H2,1H3. The molecule has 2 fully saturated rings. The summed E-state index contributed by atoms with van der Waals surface area (Å²) < 4.78 is 29.0. The van der Waals surface area contributed by atoms with Crippen LogP contribution >= 0.6 is 11.6 Å². The van der Waals surface area contributed by atoms with Crippen molar-refractivity contribution in [3.63, 3.8) is 0 Å². The molecule has 0 N–H and O–H groups in total. The number of hydrogen-bond donors (Lipinski definition) is 0. The molecular formula is C15H23ClN2O2S. The van der Waals surface area contributed by atoms with Gasteiger partial charge in [0.2, 0.25) is 10.0 Å². The van der Waals surface area contributed by atoms with E-state index in [4.69, 9.17) is 11.6 Å². The fraction of sp³-hybridized carbons (Fsp3) is 0.733. The lowest BCUT2D eigenvalue weighted by atomic mass is 10.1. The summed E-state index contributed by atoms with van der Waals surface area (Å²) >= 11 is 5.96. The Labute approximate surface area is 132 Å². The van der Waals surface area contributed by atoms with Gasteiger partial charge in [-0.3, -0.25) is 0 Å². The molecule has 2 saturated carbocycles. The van der Waals surface area contributed by atoms with Gasteiger partial charge >= 0.3 is 0 Å². The second-order valence-corrected chi connectivity index (χ2v) is 8.69. The average molecular weight is 331 g/mol. The first-order valence-corrected chi connectivity index (χ1v) is 9.73. The van der Waals surface area contributed by atoms with Gasteiger partial charge in [0.1, 0.15) is 4.90 Å². The number of sulfonamides is 1. The minimum Gasteiger partial charge on any atom is -0.346 e. The Morgan fingerprint density at radius 1 is 1.29 bits per heavy atom. The third-order valence-electron chi connectivity index (χ3n) is 4.68. The number of hydrogen-bond acceptors (Lipinski definition) is 2. The molecule has 2 aliphatic rings. The van der Waals surface area contributed by atoms with Gasteiger partial charge < -0.3 is 4.57 Å². The van der Waals surface area contributed by atoms with Crippen LogP contribution in [0.15, 0.2) is 17.2 Å². The Morgan fingerprint density at radius 3 is 2.52 bits per heavy atom. The number of aromatic nitrogens is 1. The predicted molar refractivity (Wildman–Crippen MR) is 84.0 cm³/mol. The van der Waals surface area contributed by atoms with Crippen molar-refractivity contribution in [1.82, 2.24) is 8.87 Å². The minimum absolute atomic E-state index is 0.359. The molecule has 0 unspecified atom stereocenters. The van der Waals surface area contributed by atoms with Gasteiger partial charge in [-0.1, -0.05) is 12.8 Å². The van der Waals surface area contributed by atoms with Crippen molar-refractivity contribution in [2.75, 3.05) is 13.6 Å². The molecule has 6 heteroatoms. The summed E-state index contributed by atoms with van der Waals surface area (Å²) in [5.41, 5.74) is 0.909. The minimum atomic E-state index is -3.39. The lowest BCUT2D eigenvalue weighted by Crippen LogP contribution is -2.31. The van der Waals surface area contributed by atoms with Gasteiger partial charge in [-0.2, -0.15) is 0 Å². The highest BCUT2D eigenvalue weighted by molar-refractivity contribution is 7.89. The second-order valence-electron chi connectivity index (χ2n) is 6.38. The monoisotopic (exact) mass is 330 g/mol. The van der Waals surface area contributed by atoms with Crippen LogP contribution in [0.5, 0.6) is 0 Å². The van der Waals surface area contributed by atoms with E-state index in [1.54, 1.807) is 19.3 Å². The van der Waals surface area contributed by atoms with Crippen molar-refractivity contribution >= 4 is 21.6 Å². The van der Waals surface area contributed by atoms with Crippen molar-refractivity contribution in [3.05, 3.63) is 18.0 Å². The van der Waals surface area contributed by atoms with Crippen LogP contribution < -0.4 is 0 Å². The highest BCUT2D eigenvalue weighted by Crippen LogP contribution is 2.38. The van der Waals surface area contributed by atoms with E-state index in [0.717, 1.165) is 31.4 Å². The van der Waals surface area contributed by atoms with Gasteiger partial charge in [-0.15, -0.1) is 11.6 Å². The Hall–Kier alpha value is -0.520. The summed E-state index contributed by atoms with van der Waals surface area (Å²) in [6, 6.07) is 2.19. The molecule has 2 aliphatic carbocycles. The first-order chi connectivity index (χ1) is 10.0. The van der Waals surface area contributed by atoms with Gasteiger partial charge in [-0.05, 0) is 37.7 Å². The zero-order chi connectivity index (χ0) is 15.0. The van der Waals surface area contributed by atoms with Crippen molar-refractivity contribution in [2.45, 2.75) is 55.3 Å².